The lowest BCUT2D eigenvalue weighted by Crippen LogP contribution is -2.58. The van der Waals surface area contributed by atoms with Gasteiger partial charge in [-0.05, 0) is 55.8 Å². The molecule has 0 radical (unpaired) electrons. The van der Waals surface area contributed by atoms with Crippen molar-refractivity contribution < 1.29 is 39.4 Å². The maximum Gasteiger partial charge on any atom is 0.245 e. The highest BCUT2D eigenvalue weighted by Gasteiger charge is 2.31. The van der Waals surface area contributed by atoms with Crippen molar-refractivity contribution in [1.82, 2.24) is 21.4 Å². The predicted octanol–water partition coefficient (Wildman–Crippen LogP) is -1.45. The second-order valence-corrected chi connectivity index (χ2v) is 9.99. The fraction of sp³-hybridized carbons (Fsp3) is 0.577. The highest BCUT2D eigenvalue weighted by molar-refractivity contribution is 5.95. The van der Waals surface area contributed by atoms with E-state index in [0.717, 1.165) is 0 Å². The first-order valence-corrected chi connectivity index (χ1v) is 13.1. The fourth-order valence-electron chi connectivity index (χ4n) is 4.01. The zero-order chi connectivity index (χ0) is 30.2. The largest absolute Gasteiger partial charge is 0.508 e. The number of carbonyl (C=O) groups excluding carboxylic acids is 5. The molecule has 0 aliphatic heterocycles. The minimum Gasteiger partial charge on any atom is -0.508 e. The summed E-state index contributed by atoms with van der Waals surface area (Å²) in [5, 5.41) is 35.7. The molecular weight excluding hydrogens is 524 g/mol. The fourth-order valence-corrected chi connectivity index (χ4v) is 4.01. The first kappa shape index (κ1) is 34.3. The van der Waals surface area contributed by atoms with Crippen LogP contribution in [0.2, 0.25) is 0 Å². The van der Waals surface area contributed by atoms with Gasteiger partial charge in [-0.25, -0.2) is 5.48 Å². The number of phenolic OH excluding ortho intramolecular Hbond substituents is 1. The monoisotopic (exact) mass is 566 g/mol. The third kappa shape index (κ3) is 12.4. The van der Waals surface area contributed by atoms with Crippen LogP contribution in [0.15, 0.2) is 24.3 Å². The van der Waals surface area contributed by atoms with E-state index in [0.29, 0.717) is 24.9 Å². The number of unbranched alkanes of at least 4 members (excludes halogenated alkanes) is 1. The molecule has 11 N–H and O–H groups in total. The van der Waals surface area contributed by atoms with E-state index in [4.69, 9.17) is 16.7 Å². The minimum absolute atomic E-state index is 0.00622. The van der Waals surface area contributed by atoms with Gasteiger partial charge in [-0.2, -0.15) is 0 Å². The number of hydrogen-bond donors (Lipinski definition) is 9. The molecule has 14 heteroatoms. The summed E-state index contributed by atoms with van der Waals surface area (Å²) in [6.45, 7) is 3.28. The molecule has 5 amide bonds. The first-order chi connectivity index (χ1) is 18.9. The molecule has 0 aliphatic rings. The van der Waals surface area contributed by atoms with Crippen molar-refractivity contribution in [3.8, 4) is 5.75 Å². The number of aliphatic hydroxyl groups is 1. The maximum atomic E-state index is 13.3. The number of nitrogens with one attached hydrogen (secondary N) is 4. The van der Waals surface area contributed by atoms with Gasteiger partial charge in [-0.1, -0.05) is 26.0 Å². The molecule has 0 bridgehead atoms. The molecule has 0 unspecified atom stereocenters. The number of aromatic hydroxyl groups is 1. The molecule has 14 nitrogen and oxygen atoms in total. The van der Waals surface area contributed by atoms with E-state index in [2.05, 4.69) is 16.0 Å². The summed E-state index contributed by atoms with van der Waals surface area (Å²) in [7, 11) is 0. The van der Waals surface area contributed by atoms with Gasteiger partial charge >= 0.3 is 0 Å². The average Bonchev–Trinajstić information content (AvgIpc) is 2.90. The number of rotatable bonds is 18. The number of phenols is 1. The Kier molecular flexibility index (Phi) is 15.2. The van der Waals surface area contributed by atoms with Crippen LogP contribution in [0.5, 0.6) is 5.75 Å². The number of amides is 5. The lowest BCUT2D eigenvalue weighted by Gasteiger charge is -2.25. The molecule has 1 rings (SSSR count). The van der Waals surface area contributed by atoms with E-state index in [1.807, 2.05) is 13.8 Å². The van der Waals surface area contributed by atoms with Crippen molar-refractivity contribution in [3.63, 3.8) is 0 Å². The molecule has 0 saturated heterocycles. The Balaban J connectivity index is 3.12. The smallest absolute Gasteiger partial charge is 0.245 e. The molecular formula is C26H42N6O8. The topological polar surface area (TPSA) is 246 Å². The molecule has 0 fully saturated rings. The molecule has 4 atom stereocenters. The van der Waals surface area contributed by atoms with Gasteiger partial charge in [0.1, 0.15) is 23.9 Å². The normalized spacial score (nSPS) is 13.9. The van der Waals surface area contributed by atoms with Gasteiger partial charge in [0.2, 0.25) is 29.5 Å². The van der Waals surface area contributed by atoms with E-state index in [9.17, 15) is 34.2 Å². The summed E-state index contributed by atoms with van der Waals surface area (Å²) >= 11 is 0. The molecule has 0 saturated carbocycles. The molecule has 1 aromatic carbocycles. The van der Waals surface area contributed by atoms with Crippen molar-refractivity contribution >= 4 is 29.5 Å². The number of aliphatic hydroxyl groups excluding tert-OH is 1. The Bertz CT molecular complexity index is 988. The molecule has 40 heavy (non-hydrogen) atoms. The van der Waals surface area contributed by atoms with Gasteiger partial charge < -0.3 is 37.6 Å². The summed E-state index contributed by atoms with van der Waals surface area (Å²) in [6, 6.07) is 2.14. The summed E-state index contributed by atoms with van der Waals surface area (Å²) in [6.07, 6.45) is 1.26. The van der Waals surface area contributed by atoms with Gasteiger partial charge in [0.25, 0.3) is 0 Å². The Hall–Kier alpha value is -3.75. The van der Waals surface area contributed by atoms with Crippen LogP contribution < -0.4 is 32.9 Å². The van der Waals surface area contributed by atoms with E-state index in [1.54, 1.807) is 12.1 Å². The highest BCUT2D eigenvalue weighted by Crippen LogP contribution is 2.17. The van der Waals surface area contributed by atoms with Crippen LogP contribution in [0.4, 0.5) is 0 Å². The lowest BCUT2D eigenvalue weighted by atomic mass is 9.92. The quantitative estimate of drug-likeness (QED) is 0.0572. The van der Waals surface area contributed by atoms with Crippen LogP contribution in [-0.2, 0) is 30.4 Å². The van der Waals surface area contributed by atoms with Crippen LogP contribution in [0, 0.1) is 11.8 Å². The van der Waals surface area contributed by atoms with Gasteiger partial charge in [0.05, 0.1) is 6.61 Å². The molecule has 1 aromatic rings. The number of nitrogens with two attached hydrogens (primary N) is 2. The van der Waals surface area contributed by atoms with Crippen molar-refractivity contribution in [1.29, 1.82) is 0 Å². The maximum absolute atomic E-state index is 13.3. The Morgan fingerprint density at radius 1 is 0.875 bits per heavy atom. The van der Waals surface area contributed by atoms with Crippen LogP contribution >= 0.6 is 0 Å². The Labute approximate surface area is 233 Å². The Morgan fingerprint density at radius 3 is 1.98 bits per heavy atom. The zero-order valence-corrected chi connectivity index (χ0v) is 22.9. The van der Waals surface area contributed by atoms with Crippen LogP contribution in [0.1, 0.15) is 51.5 Å². The molecule has 0 spiro atoms. The number of primary amides is 1. The third-order valence-electron chi connectivity index (χ3n) is 6.11. The average molecular weight is 567 g/mol. The molecule has 0 aromatic heterocycles. The molecule has 224 valence electrons. The number of hydroxylamine groups is 1. The number of hydrogen-bond acceptors (Lipinski definition) is 9. The van der Waals surface area contributed by atoms with E-state index in [-0.39, 0.29) is 37.4 Å². The van der Waals surface area contributed by atoms with E-state index >= 15 is 0 Å². The van der Waals surface area contributed by atoms with Crippen molar-refractivity contribution in [2.75, 3.05) is 13.2 Å². The van der Waals surface area contributed by atoms with E-state index < -0.39 is 60.2 Å². The highest BCUT2D eigenvalue weighted by atomic mass is 16.5. The van der Waals surface area contributed by atoms with Gasteiger partial charge in [-0.3, -0.25) is 29.2 Å². The zero-order valence-electron chi connectivity index (χ0n) is 22.9. The van der Waals surface area contributed by atoms with Crippen molar-refractivity contribution in [2.45, 2.75) is 70.5 Å². The standard InChI is InChI=1S/C26H42N6O8/c1-15(2)11-17(13-22(35)32-40)24(37)30-20(12-16-6-8-18(34)9-7-16)25(38)31-21(14-33)26(39)29-19(23(28)36)5-3-4-10-27/h6-9,15,17,19-21,33-34,40H,3-5,10-14,27H2,1-2H3,(H2,28,36)(H,29,39)(H,30,37)(H,31,38)(H,32,35)/t17-,19+,20+,21+/m1/s1. The second kappa shape index (κ2) is 17.8. The summed E-state index contributed by atoms with van der Waals surface area (Å²) in [4.78, 5) is 62.8. The minimum atomic E-state index is -1.46. The summed E-state index contributed by atoms with van der Waals surface area (Å²) in [5.41, 5.74) is 12.9. The second-order valence-electron chi connectivity index (χ2n) is 9.99. The molecule has 0 aliphatic carbocycles. The van der Waals surface area contributed by atoms with Crippen LogP contribution in [0.25, 0.3) is 0 Å². The Morgan fingerprint density at radius 2 is 1.45 bits per heavy atom. The van der Waals surface area contributed by atoms with Crippen molar-refractivity contribution in [2.24, 2.45) is 23.3 Å². The number of carbonyl (C=O) groups is 5. The van der Waals surface area contributed by atoms with Crippen LogP contribution in [-0.4, -0.2) is 76.2 Å². The van der Waals surface area contributed by atoms with Gasteiger partial charge in [-0.15, -0.1) is 0 Å². The summed E-state index contributed by atoms with van der Waals surface area (Å²) in [5.74, 6) is -4.71. The SMILES string of the molecule is CC(C)C[C@H](CC(=O)NO)C(=O)N[C@@H](Cc1ccc(O)cc1)C(=O)N[C@@H](CO)C(=O)N[C@@H](CCCCN)C(N)=O. The van der Waals surface area contributed by atoms with E-state index in [1.165, 1.54) is 17.6 Å². The lowest BCUT2D eigenvalue weighted by molar-refractivity contribution is -0.137. The van der Waals surface area contributed by atoms with Gasteiger partial charge in [0.15, 0.2) is 0 Å². The summed E-state index contributed by atoms with van der Waals surface area (Å²) < 4.78 is 0. The predicted molar refractivity (Wildman–Crippen MR) is 144 cm³/mol. The number of benzene rings is 1. The van der Waals surface area contributed by atoms with Crippen molar-refractivity contribution in [3.05, 3.63) is 29.8 Å². The van der Waals surface area contributed by atoms with Gasteiger partial charge in [0, 0.05) is 18.8 Å². The molecule has 0 heterocycles. The van der Waals surface area contributed by atoms with Crippen LogP contribution in [0.3, 0.4) is 0 Å². The third-order valence-corrected chi connectivity index (χ3v) is 6.11. The first-order valence-electron chi connectivity index (χ1n) is 13.1.